The minimum absolute atomic E-state index is 0.254. The molecule has 7 nitrogen and oxygen atoms in total. The quantitative estimate of drug-likeness (QED) is 0.611. The topological polar surface area (TPSA) is 93.2 Å². The first-order valence-corrected chi connectivity index (χ1v) is 9.21. The molecule has 0 fully saturated rings. The summed E-state index contributed by atoms with van der Waals surface area (Å²) in [6.45, 7) is 6.01. The van der Waals surface area contributed by atoms with Crippen molar-refractivity contribution in [2.45, 2.75) is 20.8 Å². The molecule has 2 aromatic carbocycles. The van der Waals surface area contributed by atoms with Crippen molar-refractivity contribution >= 4 is 29.2 Å². The van der Waals surface area contributed by atoms with E-state index in [4.69, 9.17) is 4.74 Å². The van der Waals surface area contributed by atoms with Gasteiger partial charge >= 0.3 is 5.97 Å². The molecule has 0 saturated heterocycles. The Morgan fingerprint density at radius 3 is 2.31 bits per heavy atom. The van der Waals surface area contributed by atoms with E-state index < -0.39 is 11.9 Å². The highest BCUT2D eigenvalue weighted by Gasteiger charge is 2.15. The van der Waals surface area contributed by atoms with Gasteiger partial charge < -0.3 is 15.4 Å². The number of benzene rings is 2. The van der Waals surface area contributed by atoms with Crippen LogP contribution in [-0.2, 0) is 4.74 Å². The molecule has 0 aliphatic carbocycles. The number of hydrogen-bond acceptors (Lipinski definition) is 6. The van der Waals surface area contributed by atoms with Gasteiger partial charge in [0.15, 0.2) is 0 Å². The Labute approximate surface area is 169 Å². The SMILES string of the molecule is CCOC(=O)c1ccccc1NC(=O)c1cnc(Nc2cc(C)cc(C)c2)nc1. The maximum atomic E-state index is 12.5. The molecule has 148 valence electrons. The molecule has 0 radical (unpaired) electrons. The van der Waals surface area contributed by atoms with Crippen LogP contribution in [0.3, 0.4) is 0 Å². The highest BCUT2D eigenvalue weighted by Crippen LogP contribution is 2.19. The molecule has 0 saturated carbocycles. The summed E-state index contributed by atoms with van der Waals surface area (Å²) in [4.78, 5) is 33.0. The Balaban J connectivity index is 1.72. The van der Waals surface area contributed by atoms with Gasteiger partial charge in [0.1, 0.15) is 0 Å². The second-order valence-electron chi connectivity index (χ2n) is 6.52. The summed E-state index contributed by atoms with van der Waals surface area (Å²) in [7, 11) is 0. The number of ether oxygens (including phenoxy) is 1. The monoisotopic (exact) mass is 390 g/mol. The summed E-state index contributed by atoms with van der Waals surface area (Å²) in [5.41, 5.74) is 4.07. The van der Waals surface area contributed by atoms with E-state index in [1.165, 1.54) is 12.4 Å². The zero-order chi connectivity index (χ0) is 20.8. The van der Waals surface area contributed by atoms with Gasteiger partial charge in [-0.05, 0) is 56.2 Å². The number of carbonyl (C=O) groups excluding carboxylic acids is 2. The molecular weight excluding hydrogens is 368 g/mol. The van der Waals surface area contributed by atoms with Crippen molar-refractivity contribution in [1.29, 1.82) is 0 Å². The molecule has 0 bridgehead atoms. The van der Waals surface area contributed by atoms with E-state index in [0.717, 1.165) is 16.8 Å². The number of hydrogen-bond donors (Lipinski definition) is 2. The van der Waals surface area contributed by atoms with Crippen molar-refractivity contribution in [1.82, 2.24) is 9.97 Å². The number of aryl methyl sites for hydroxylation is 2. The van der Waals surface area contributed by atoms with Gasteiger partial charge in [-0.2, -0.15) is 0 Å². The van der Waals surface area contributed by atoms with Gasteiger partial charge in [-0.1, -0.05) is 18.2 Å². The minimum atomic E-state index is -0.493. The second-order valence-corrected chi connectivity index (χ2v) is 6.52. The van der Waals surface area contributed by atoms with Crippen LogP contribution in [-0.4, -0.2) is 28.5 Å². The molecule has 7 heteroatoms. The highest BCUT2D eigenvalue weighted by molar-refractivity contribution is 6.07. The van der Waals surface area contributed by atoms with Gasteiger partial charge in [-0.25, -0.2) is 14.8 Å². The van der Waals surface area contributed by atoms with E-state index in [1.54, 1.807) is 31.2 Å². The zero-order valence-corrected chi connectivity index (χ0v) is 16.5. The number of rotatable bonds is 6. The van der Waals surface area contributed by atoms with Crippen molar-refractivity contribution in [3.63, 3.8) is 0 Å². The Hall–Kier alpha value is -3.74. The van der Waals surface area contributed by atoms with Crippen LogP contribution >= 0.6 is 0 Å². The summed E-state index contributed by atoms with van der Waals surface area (Å²) < 4.78 is 5.02. The number of para-hydroxylation sites is 1. The average Bonchev–Trinajstić information content (AvgIpc) is 2.68. The van der Waals surface area contributed by atoms with Crippen LogP contribution in [0.2, 0.25) is 0 Å². The van der Waals surface area contributed by atoms with Crippen LogP contribution in [0.4, 0.5) is 17.3 Å². The first kappa shape index (κ1) is 20.0. The van der Waals surface area contributed by atoms with E-state index >= 15 is 0 Å². The molecule has 1 amide bonds. The minimum Gasteiger partial charge on any atom is -0.462 e. The normalized spacial score (nSPS) is 10.3. The lowest BCUT2D eigenvalue weighted by molar-refractivity contribution is 0.0527. The van der Waals surface area contributed by atoms with Crippen molar-refractivity contribution in [2.24, 2.45) is 0 Å². The van der Waals surface area contributed by atoms with Gasteiger partial charge in [-0.3, -0.25) is 4.79 Å². The number of nitrogens with one attached hydrogen (secondary N) is 2. The van der Waals surface area contributed by atoms with Gasteiger partial charge in [0.05, 0.1) is 23.4 Å². The molecule has 0 unspecified atom stereocenters. The summed E-state index contributed by atoms with van der Waals surface area (Å²) in [5.74, 6) is -0.522. The lowest BCUT2D eigenvalue weighted by Gasteiger charge is -2.10. The largest absolute Gasteiger partial charge is 0.462 e. The fourth-order valence-corrected chi connectivity index (χ4v) is 2.86. The van der Waals surface area contributed by atoms with Crippen LogP contribution in [0.5, 0.6) is 0 Å². The molecule has 2 N–H and O–H groups in total. The van der Waals surface area contributed by atoms with Gasteiger partial charge in [0, 0.05) is 18.1 Å². The third-order valence-electron chi connectivity index (χ3n) is 4.06. The summed E-state index contributed by atoms with van der Waals surface area (Å²) in [5, 5.41) is 5.83. The molecule has 1 heterocycles. The standard InChI is InChI=1S/C22H22N4O3/c1-4-29-21(28)18-7-5-6-8-19(18)26-20(27)16-12-23-22(24-13-16)25-17-10-14(2)9-15(3)11-17/h5-13H,4H2,1-3H3,(H,26,27)(H,23,24,25). The highest BCUT2D eigenvalue weighted by atomic mass is 16.5. The number of anilines is 3. The summed E-state index contributed by atoms with van der Waals surface area (Å²) >= 11 is 0. The third-order valence-corrected chi connectivity index (χ3v) is 4.06. The van der Waals surface area contributed by atoms with E-state index in [2.05, 4.69) is 26.7 Å². The van der Waals surface area contributed by atoms with Crippen molar-refractivity contribution in [3.05, 3.63) is 77.1 Å². The fourth-order valence-electron chi connectivity index (χ4n) is 2.86. The first-order valence-electron chi connectivity index (χ1n) is 9.21. The second kappa shape index (κ2) is 8.97. The van der Waals surface area contributed by atoms with Crippen molar-refractivity contribution in [3.8, 4) is 0 Å². The van der Waals surface area contributed by atoms with E-state index in [-0.39, 0.29) is 17.7 Å². The Morgan fingerprint density at radius 1 is 1.00 bits per heavy atom. The number of esters is 1. The van der Waals surface area contributed by atoms with Crippen molar-refractivity contribution in [2.75, 3.05) is 17.2 Å². The Kier molecular flexibility index (Phi) is 6.19. The van der Waals surface area contributed by atoms with Crippen molar-refractivity contribution < 1.29 is 14.3 Å². The van der Waals surface area contributed by atoms with Gasteiger partial charge in [-0.15, -0.1) is 0 Å². The maximum Gasteiger partial charge on any atom is 0.340 e. The molecule has 3 rings (SSSR count). The van der Waals surface area contributed by atoms with Gasteiger partial charge in [0.2, 0.25) is 5.95 Å². The predicted octanol–water partition coefficient (Wildman–Crippen LogP) is 4.27. The van der Waals surface area contributed by atoms with Gasteiger partial charge in [0.25, 0.3) is 5.91 Å². The number of carbonyl (C=O) groups is 2. The Bertz CT molecular complexity index is 1010. The number of aromatic nitrogens is 2. The van der Waals surface area contributed by atoms with Crippen LogP contribution in [0.25, 0.3) is 0 Å². The van der Waals surface area contributed by atoms with E-state index in [9.17, 15) is 9.59 Å². The summed E-state index contributed by atoms with van der Waals surface area (Å²) in [6, 6.07) is 12.7. The fraction of sp³-hybridized carbons (Fsp3) is 0.182. The smallest absolute Gasteiger partial charge is 0.340 e. The van der Waals surface area contributed by atoms with Crippen LogP contribution in [0.15, 0.2) is 54.9 Å². The Morgan fingerprint density at radius 2 is 1.66 bits per heavy atom. The van der Waals surface area contributed by atoms with Crippen LogP contribution < -0.4 is 10.6 Å². The number of nitrogens with zero attached hydrogens (tertiary/aromatic N) is 2. The molecular formula is C22H22N4O3. The lowest BCUT2D eigenvalue weighted by atomic mass is 10.1. The van der Waals surface area contributed by atoms with E-state index in [1.807, 2.05) is 26.0 Å². The van der Waals surface area contributed by atoms with E-state index in [0.29, 0.717) is 11.6 Å². The maximum absolute atomic E-state index is 12.5. The van der Waals surface area contributed by atoms with Crippen LogP contribution in [0, 0.1) is 13.8 Å². The summed E-state index contributed by atoms with van der Waals surface area (Å²) in [6.07, 6.45) is 2.86. The molecule has 0 atom stereocenters. The molecule has 0 spiro atoms. The zero-order valence-electron chi connectivity index (χ0n) is 16.5. The predicted molar refractivity (Wildman–Crippen MR) is 112 cm³/mol. The first-order chi connectivity index (χ1) is 14.0. The molecule has 0 aliphatic heterocycles. The molecule has 0 aliphatic rings. The average molecular weight is 390 g/mol. The third kappa shape index (κ3) is 5.16. The molecule has 29 heavy (non-hydrogen) atoms. The molecule has 3 aromatic rings. The number of amides is 1. The van der Waals surface area contributed by atoms with Crippen LogP contribution in [0.1, 0.15) is 38.8 Å². The lowest BCUT2D eigenvalue weighted by Crippen LogP contribution is -2.16. The molecule has 1 aromatic heterocycles.